The number of nitrogens with one attached hydrogen (secondary N) is 2. The zero-order valence-corrected chi connectivity index (χ0v) is 14.5. The highest BCUT2D eigenvalue weighted by molar-refractivity contribution is 6.05. The Labute approximate surface area is 147 Å². The second kappa shape index (κ2) is 7.13. The Morgan fingerprint density at radius 3 is 2.32 bits per heavy atom. The van der Waals surface area contributed by atoms with E-state index in [1.807, 2.05) is 63.2 Å². The molecular weight excluding hydrogens is 312 g/mol. The predicted octanol–water partition coefficient (Wildman–Crippen LogP) is 4.40. The fourth-order valence-electron chi connectivity index (χ4n) is 2.56. The summed E-state index contributed by atoms with van der Waals surface area (Å²) in [6.45, 7) is 5.81. The molecule has 5 nitrogen and oxygen atoms in total. The number of carbonyl (C=O) groups excluding carboxylic acids is 1. The second-order valence-corrected chi connectivity index (χ2v) is 5.95. The maximum Gasteiger partial charge on any atom is 0.255 e. The maximum absolute atomic E-state index is 12.5. The summed E-state index contributed by atoms with van der Waals surface area (Å²) in [6, 6.07) is 16.9. The van der Waals surface area contributed by atoms with Crippen molar-refractivity contribution in [3.8, 4) is 0 Å². The molecule has 126 valence electrons. The van der Waals surface area contributed by atoms with E-state index < -0.39 is 0 Å². The van der Waals surface area contributed by atoms with Crippen molar-refractivity contribution in [1.29, 1.82) is 0 Å². The summed E-state index contributed by atoms with van der Waals surface area (Å²) in [5.74, 6) is 0.369. The van der Waals surface area contributed by atoms with Gasteiger partial charge in [-0.1, -0.05) is 24.3 Å². The molecule has 0 aliphatic heterocycles. The molecule has 3 aromatic rings. The summed E-state index contributed by atoms with van der Waals surface area (Å²) in [7, 11) is 0. The largest absolute Gasteiger partial charge is 0.324 e. The van der Waals surface area contributed by atoms with E-state index in [2.05, 4.69) is 20.6 Å². The van der Waals surface area contributed by atoms with Gasteiger partial charge in [-0.3, -0.25) is 4.79 Å². The average molecular weight is 332 g/mol. The molecule has 0 aliphatic carbocycles. The molecule has 0 spiro atoms. The Kier molecular flexibility index (Phi) is 4.75. The molecule has 0 aliphatic rings. The van der Waals surface area contributed by atoms with Crippen LogP contribution in [0.1, 0.15) is 27.3 Å². The van der Waals surface area contributed by atoms with Gasteiger partial charge >= 0.3 is 0 Å². The standard InChI is InChI=1S/C20H20N4O/c1-13-7-4-5-10-18(13)24-19(25)16-8-6-9-17(12-16)23-20-21-14(2)11-15(3)22-20/h4-12H,1-3H3,(H,24,25)(H,21,22,23). The third kappa shape index (κ3) is 4.20. The van der Waals surface area contributed by atoms with Crippen LogP contribution in [-0.4, -0.2) is 15.9 Å². The van der Waals surface area contributed by atoms with Gasteiger partial charge in [-0.2, -0.15) is 0 Å². The van der Waals surface area contributed by atoms with Crippen LogP contribution in [0.5, 0.6) is 0 Å². The van der Waals surface area contributed by atoms with Crippen LogP contribution in [0.3, 0.4) is 0 Å². The Morgan fingerprint density at radius 2 is 1.60 bits per heavy atom. The van der Waals surface area contributed by atoms with Crippen LogP contribution in [0, 0.1) is 20.8 Å². The maximum atomic E-state index is 12.5. The van der Waals surface area contributed by atoms with E-state index >= 15 is 0 Å². The molecule has 0 saturated heterocycles. The summed E-state index contributed by atoms with van der Waals surface area (Å²) < 4.78 is 0. The van der Waals surface area contributed by atoms with Crippen molar-refractivity contribution in [2.24, 2.45) is 0 Å². The number of anilines is 3. The minimum absolute atomic E-state index is 0.153. The van der Waals surface area contributed by atoms with Crippen LogP contribution in [0.2, 0.25) is 0 Å². The van der Waals surface area contributed by atoms with E-state index in [1.165, 1.54) is 0 Å². The number of aromatic nitrogens is 2. The number of aryl methyl sites for hydroxylation is 3. The molecule has 0 bridgehead atoms. The highest BCUT2D eigenvalue weighted by Crippen LogP contribution is 2.18. The fraction of sp³-hybridized carbons (Fsp3) is 0.150. The number of hydrogen-bond donors (Lipinski definition) is 2. The van der Waals surface area contributed by atoms with E-state index in [0.717, 1.165) is 28.3 Å². The van der Waals surface area contributed by atoms with Crippen LogP contribution in [0.25, 0.3) is 0 Å². The lowest BCUT2D eigenvalue weighted by molar-refractivity contribution is 0.102. The lowest BCUT2D eigenvalue weighted by Gasteiger charge is -2.10. The van der Waals surface area contributed by atoms with E-state index in [-0.39, 0.29) is 5.91 Å². The van der Waals surface area contributed by atoms with Crippen molar-refractivity contribution in [2.45, 2.75) is 20.8 Å². The van der Waals surface area contributed by atoms with Gasteiger partial charge in [0.05, 0.1) is 0 Å². The highest BCUT2D eigenvalue weighted by Gasteiger charge is 2.09. The van der Waals surface area contributed by atoms with Gasteiger partial charge in [0.2, 0.25) is 5.95 Å². The third-order valence-corrected chi connectivity index (χ3v) is 3.76. The van der Waals surface area contributed by atoms with Crippen LogP contribution in [-0.2, 0) is 0 Å². The monoisotopic (exact) mass is 332 g/mol. The molecule has 0 unspecified atom stereocenters. The first-order valence-corrected chi connectivity index (χ1v) is 8.07. The zero-order valence-electron chi connectivity index (χ0n) is 14.5. The van der Waals surface area contributed by atoms with E-state index in [0.29, 0.717) is 11.5 Å². The molecule has 0 radical (unpaired) electrons. The Hall–Kier alpha value is -3.21. The zero-order chi connectivity index (χ0) is 17.8. The number of carbonyl (C=O) groups is 1. The molecule has 0 saturated carbocycles. The Bertz CT molecular complexity index is 901. The topological polar surface area (TPSA) is 66.9 Å². The van der Waals surface area contributed by atoms with Gasteiger partial charge < -0.3 is 10.6 Å². The first kappa shape index (κ1) is 16.6. The second-order valence-electron chi connectivity index (χ2n) is 5.95. The number of para-hydroxylation sites is 1. The smallest absolute Gasteiger partial charge is 0.255 e. The summed E-state index contributed by atoms with van der Waals surface area (Å²) in [4.78, 5) is 21.2. The van der Waals surface area contributed by atoms with Gasteiger partial charge in [-0.05, 0) is 56.7 Å². The lowest BCUT2D eigenvalue weighted by atomic mass is 10.1. The molecule has 0 atom stereocenters. The first-order valence-electron chi connectivity index (χ1n) is 8.07. The SMILES string of the molecule is Cc1cc(C)nc(Nc2cccc(C(=O)Nc3ccccc3C)c2)n1. The van der Waals surface area contributed by atoms with Gasteiger partial charge in [0.15, 0.2) is 0 Å². The number of benzene rings is 2. The summed E-state index contributed by atoms with van der Waals surface area (Å²) in [6.07, 6.45) is 0. The minimum atomic E-state index is -0.153. The molecule has 25 heavy (non-hydrogen) atoms. The van der Waals surface area contributed by atoms with Crippen molar-refractivity contribution < 1.29 is 4.79 Å². The molecule has 2 N–H and O–H groups in total. The Balaban J connectivity index is 1.79. The molecule has 2 aromatic carbocycles. The molecule has 1 heterocycles. The van der Waals surface area contributed by atoms with Crippen LogP contribution in [0.15, 0.2) is 54.6 Å². The summed E-state index contributed by atoms with van der Waals surface area (Å²) >= 11 is 0. The van der Waals surface area contributed by atoms with Crippen molar-refractivity contribution in [3.05, 3.63) is 77.1 Å². The first-order chi connectivity index (χ1) is 12.0. The highest BCUT2D eigenvalue weighted by atomic mass is 16.1. The van der Waals surface area contributed by atoms with Gasteiger partial charge in [-0.25, -0.2) is 9.97 Å². The molecule has 3 rings (SSSR count). The number of nitrogens with zero attached hydrogens (tertiary/aromatic N) is 2. The third-order valence-electron chi connectivity index (χ3n) is 3.76. The molecule has 1 amide bonds. The van der Waals surface area contributed by atoms with E-state index in [9.17, 15) is 4.79 Å². The fourth-order valence-corrected chi connectivity index (χ4v) is 2.56. The number of hydrogen-bond acceptors (Lipinski definition) is 4. The van der Waals surface area contributed by atoms with Crippen molar-refractivity contribution >= 4 is 23.2 Å². The van der Waals surface area contributed by atoms with Crippen LogP contribution < -0.4 is 10.6 Å². The minimum Gasteiger partial charge on any atom is -0.324 e. The van der Waals surface area contributed by atoms with E-state index in [1.54, 1.807) is 12.1 Å². The normalized spacial score (nSPS) is 10.4. The lowest BCUT2D eigenvalue weighted by Crippen LogP contribution is -2.13. The summed E-state index contributed by atoms with van der Waals surface area (Å²) in [5, 5.41) is 6.09. The van der Waals surface area contributed by atoms with Gasteiger partial charge in [0.1, 0.15) is 0 Å². The van der Waals surface area contributed by atoms with Crippen LogP contribution >= 0.6 is 0 Å². The molecule has 1 aromatic heterocycles. The van der Waals surface area contributed by atoms with E-state index in [4.69, 9.17) is 0 Å². The number of amides is 1. The van der Waals surface area contributed by atoms with Crippen molar-refractivity contribution in [3.63, 3.8) is 0 Å². The molecular formula is C20H20N4O. The molecule has 5 heteroatoms. The van der Waals surface area contributed by atoms with Gasteiger partial charge in [0.25, 0.3) is 5.91 Å². The Morgan fingerprint density at radius 1 is 0.880 bits per heavy atom. The summed E-state index contributed by atoms with van der Waals surface area (Å²) in [5.41, 5.74) is 4.95. The van der Waals surface area contributed by atoms with Crippen LogP contribution in [0.4, 0.5) is 17.3 Å². The number of rotatable bonds is 4. The van der Waals surface area contributed by atoms with Crippen molar-refractivity contribution in [1.82, 2.24) is 9.97 Å². The predicted molar refractivity (Wildman–Crippen MR) is 100 cm³/mol. The van der Waals surface area contributed by atoms with Gasteiger partial charge in [0, 0.05) is 28.3 Å². The quantitative estimate of drug-likeness (QED) is 0.743. The van der Waals surface area contributed by atoms with Crippen molar-refractivity contribution in [2.75, 3.05) is 10.6 Å². The molecule has 0 fully saturated rings. The van der Waals surface area contributed by atoms with Gasteiger partial charge in [-0.15, -0.1) is 0 Å². The average Bonchev–Trinajstić information content (AvgIpc) is 2.56.